The van der Waals surface area contributed by atoms with Crippen molar-refractivity contribution in [2.24, 2.45) is 11.8 Å². The normalized spacial score (nSPS) is 30.8. The Bertz CT molecular complexity index is 361. The maximum Gasteiger partial charge on any atom is 0.237 e. The van der Waals surface area contributed by atoms with Crippen LogP contribution >= 0.6 is 24.8 Å². The van der Waals surface area contributed by atoms with Crippen LogP contribution in [0.25, 0.3) is 0 Å². The monoisotopic (exact) mass is 379 g/mol. The van der Waals surface area contributed by atoms with Gasteiger partial charge >= 0.3 is 0 Å². The number of nitrogens with one attached hydrogen (secondary N) is 2. The molecule has 6 heteroatoms. The second-order valence-electron chi connectivity index (χ2n) is 7.64. The molecule has 1 saturated carbocycles. The molecule has 0 aromatic carbocycles. The van der Waals surface area contributed by atoms with Gasteiger partial charge in [0.15, 0.2) is 0 Å². The van der Waals surface area contributed by atoms with Gasteiger partial charge in [-0.25, -0.2) is 0 Å². The van der Waals surface area contributed by atoms with Gasteiger partial charge in [0.2, 0.25) is 5.91 Å². The van der Waals surface area contributed by atoms with Gasteiger partial charge in [0.05, 0.1) is 6.04 Å². The van der Waals surface area contributed by atoms with Gasteiger partial charge < -0.3 is 15.5 Å². The molecule has 3 atom stereocenters. The van der Waals surface area contributed by atoms with Crippen molar-refractivity contribution in [2.75, 3.05) is 26.2 Å². The van der Waals surface area contributed by atoms with Gasteiger partial charge in [-0.15, -0.1) is 24.8 Å². The molecule has 24 heavy (non-hydrogen) atoms. The summed E-state index contributed by atoms with van der Waals surface area (Å²) in [6, 6.07) is 0.690. The van der Waals surface area contributed by atoms with Gasteiger partial charge in [-0.05, 0) is 70.0 Å². The van der Waals surface area contributed by atoms with E-state index in [1.165, 1.54) is 64.6 Å². The van der Waals surface area contributed by atoms with Gasteiger partial charge in [0.1, 0.15) is 0 Å². The molecule has 3 unspecified atom stereocenters. The number of nitrogens with zero attached hydrogens (tertiary/aromatic N) is 1. The van der Waals surface area contributed by atoms with Crippen LogP contribution in [-0.2, 0) is 4.79 Å². The summed E-state index contributed by atoms with van der Waals surface area (Å²) in [4.78, 5) is 15.0. The Morgan fingerprint density at radius 1 is 1.12 bits per heavy atom. The van der Waals surface area contributed by atoms with Crippen molar-refractivity contribution in [1.82, 2.24) is 15.5 Å². The molecule has 4 nitrogen and oxygen atoms in total. The second kappa shape index (κ2) is 10.8. The fraction of sp³-hybridized carbons (Fsp3) is 0.944. The number of hydrogen-bond donors (Lipinski definition) is 2. The van der Waals surface area contributed by atoms with Crippen LogP contribution in [0, 0.1) is 11.8 Å². The third kappa shape index (κ3) is 5.76. The first-order valence-electron chi connectivity index (χ1n) is 9.52. The molecule has 1 aliphatic carbocycles. The third-order valence-corrected chi connectivity index (χ3v) is 5.99. The molecule has 2 heterocycles. The van der Waals surface area contributed by atoms with E-state index in [-0.39, 0.29) is 36.8 Å². The number of rotatable bonds is 5. The Balaban J connectivity index is 0.00000144. The summed E-state index contributed by atoms with van der Waals surface area (Å²) in [6.45, 7) is 6.78. The molecular formula is C18H35Cl2N3O. The van der Waals surface area contributed by atoms with E-state index in [1.54, 1.807) is 0 Å². The van der Waals surface area contributed by atoms with Crippen LogP contribution < -0.4 is 10.6 Å². The minimum absolute atomic E-state index is 0. The highest BCUT2D eigenvalue weighted by Crippen LogP contribution is 2.33. The van der Waals surface area contributed by atoms with E-state index in [0.29, 0.717) is 12.0 Å². The molecule has 0 aromatic heterocycles. The second-order valence-corrected chi connectivity index (χ2v) is 7.64. The van der Waals surface area contributed by atoms with Crippen molar-refractivity contribution in [3.8, 4) is 0 Å². The third-order valence-electron chi connectivity index (χ3n) is 5.99. The lowest BCUT2D eigenvalue weighted by Crippen LogP contribution is -2.45. The number of hydrogen-bond acceptors (Lipinski definition) is 3. The van der Waals surface area contributed by atoms with Crippen molar-refractivity contribution < 1.29 is 4.79 Å². The van der Waals surface area contributed by atoms with E-state index in [1.807, 2.05) is 0 Å². The summed E-state index contributed by atoms with van der Waals surface area (Å²) in [5.41, 5.74) is 0. The molecule has 3 aliphatic rings. The summed E-state index contributed by atoms with van der Waals surface area (Å²) in [7, 11) is 0. The Morgan fingerprint density at radius 2 is 1.83 bits per heavy atom. The molecule has 2 aliphatic heterocycles. The summed E-state index contributed by atoms with van der Waals surface area (Å²) in [6.07, 6.45) is 10.1. The molecule has 0 aromatic rings. The van der Waals surface area contributed by atoms with Gasteiger partial charge in [0, 0.05) is 12.6 Å². The van der Waals surface area contributed by atoms with Crippen molar-refractivity contribution in [2.45, 2.75) is 70.4 Å². The topological polar surface area (TPSA) is 44.4 Å². The molecule has 0 bridgehead atoms. The fourth-order valence-corrected chi connectivity index (χ4v) is 4.62. The SMILES string of the molecule is CCCN1CCC(CNC(=O)C2CC3CCCCC3N2)CC1.Cl.Cl. The zero-order chi connectivity index (χ0) is 15.4. The number of fused-ring (bicyclic) bond motifs is 1. The van der Waals surface area contributed by atoms with Gasteiger partial charge in [-0.2, -0.15) is 0 Å². The molecule has 2 N–H and O–H groups in total. The highest BCUT2D eigenvalue weighted by atomic mass is 35.5. The van der Waals surface area contributed by atoms with Crippen LogP contribution in [0.4, 0.5) is 0 Å². The van der Waals surface area contributed by atoms with Gasteiger partial charge in [-0.3, -0.25) is 4.79 Å². The lowest BCUT2D eigenvalue weighted by atomic mass is 9.85. The van der Waals surface area contributed by atoms with E-state index in [2.05, 4.69) is 22.5 Å². The van der Waals surface area contributed by atoms with Crippen molar-refractivity contribution in [3.05, 3.63) is 0 Å². The zero-order valence-electron chi connectivity index (χ0n) is 15.0. The summed E-state index contributed by atoms with van der Waals surface area (Å²) in [5.74, 6) is 1.69. The largest absolute Gasteiger partial charge is 0.354 e. The highest BCUT2D eigenvalue weighted by Gasteiger charge is 2.38. The molecule has 0 spiro atoms. The Labute approximate surface area is 159 Å². The fourth-order valence-electron chi connectivity index (χ4n) is 4.62. The number of halogens is 2. The molecule has 2 saturated heterocycles. The number of amides is 1. The molecular weight excluding hydrogens is 345 g/mol. The number of carbonyl (C=O) groups excluding carboxylic acids is 1. The predicted octanol–water partition coefficient (Wildman–Crippen LogP) is 2.99. The maximum atomic E-state index is 12.4. The molecule has 142 valence electrons. The Kier molecular flexibility index (Phi) is 9.95. The van der Waals surface area contributed by atoms with E-state index >= 15 is 0 Å². The number of carbonyl (C=O) groups is 1. The standard InChI is InChI=1S/C18H33N3O.2ClH/c1-2-9-21-10-7-14(8-11-21)13-19-18(22)17-12-15-5-3-4-6-16(15)20-17;;/h14-17,20H,2-13H2,1H3,(H,19,22);2*1H. The van der Waals surface area contributed by atoms with E-state index < -0.39 is 0 Å². The van der Waals surface area contributed by atoms with Crippen LogP contribution in [0.15, 0.2) is 0 Å². The van der Waals surface area contributed by atoms with Crippen LogP contribution in [0.5, 0.6) is 0 Å². The van der Waals surface area contributed by atoms with Gasteiger partial charge in [-0.1, -0.05) is 19.8 Å². The number of likely N-dealkylation sites (tertiary alicyclic amines) is 1. The first-order valence-corrected chi connectivity index (χ1v) is 9.52. The first kappa shape index (κ1) is 22.0. The average molecular weight is 380 g/mol. The lowest BCUT2D eigenvalue weighted by Gasteiger charge is -2.31. The van der Waals surface area contributed by atoms with Crippen molar-refractivity contribution in [1.29, 1.82) is 0 Å². The summed E-state index contributed by atoms with van der Waals surface area (Å²) < 4.78 is 0. The average Bonchev–Trinajstić information content (AvgIpc) is 2.98. The van der Waals surface area contributed by atoms with Crippen LogP contribution in [0.2, 0.25) is 0 Å². The lowest BCUT2D eigenvalue weighted by molar-refractivity contribution is -0.123. The van der Waals surface area contributed by atoms with Crippen molar-refractivity contribution >= 4 is 30.7 Å². The molecule has 1 amide bonds. The number of piperidine rings is 1. The van der Waals surface area contributed by atoms with Crippen LogP contribution in [0.3, 0.4) is 0 Å². The van der Waals surface area contributed by atoms with Gasteiger partial charge in [0.25, 0.3) is 0 Å². The summed E-state index contributed by atoms with van der Waals surface area (Å²) >= 11 is 0. The minimum Gasteiger partial charge on any atom is -0.354 e. The summed E-state index contributed by atoms with van der Waals surface area (Å²) in [5, 5.41) is 6.81. The quantitative estimate of drug-likeness (QED) is 0.771. The van der Waals surface area contributed by atoms with E-state index in [9.17, 15) is 4.79 Å². The van der Waals surface area contributed by atoms with E-state index in [4.69, 9.17) is 0 Å². The molecule has 0 radical (unpaired) electrons. The minimum atomic E-state index is 0. The van der Waals surface area contributed by atoms with Crippen LogP contribution in [0.1, 0.15) is 58.3 Å². The Morgan fingerprint density at radius 3 is 2.50 bits per heavy atom. The molecule has 3 fully saturated rings. The predicted molar refractivity (Wildman–Crippen MR) is 104 cm³/mol. The molecule has 3 rings (SSSR count). The maximum absolute atomic E-state index is 12.4. The van der Waals surface area contributed by atoms with Crippen molar-refractivity contribution in [3.63, 3.8) is 0 Å². The van der Waals surface area contributed by atoms with E-state index in [0.717, 1.165) is 18.9 Å². The zero-order valence-corrected chi connectivity index (χ0v) is 16.6. The highest BCUT2D eigenvalue weighted by molar-refractivity contribution is 5.85. The first-order chi connectivity index (χ1) is 10.8. The smallest absolute Gasteiger partial charge is 0.237 e. The van der Waals surface area contributed by atoms with Crippen LogP contribution in [-0.4, -0.2) is 49.1 Å². The Hall–Kier alpha value is -0.0300.